The number of hydrogen-bond donors (Lipinski definition) is 1. The van der Waals surface area contributed by atoms with Crippen LogP contribution in [-0.4, -0.2) is 49.3 Å². The van der Waals surface area contributed by atoms with Crippen LogP contribution >= 0.6 is 11.8 Å². The molecule has 0 aromatic heterocycles. The third-order valence-electron chi connectivity index (χ3n) is 4.35. The van der Waals surface area contributed by atoms with E-state index >= 15 is 0 Å². The van der Waals surface area contributed by atoms with E-state index in [9.17, 15) is 14.4 Å². The highest BCUT2D eigenvalue weighted by Crippen LogP contribution is 2.37. The van der Waals surface area contributed by atoms with Gasteiger partial charge in [-0.25, -0.2) is 0 Å². The molecular formula is C22H22N2O6S. The number of anilines is 1. The van der Waals surface area contributed by atoms with Gasteiger partial charge < -0.3 is 19.5 Å². The second kappa shape index (κ2) is 10.0. The summed E-state index contributed by atoms with van der Waals surface area (Å²) in [5.41, 5.74) is 1.14. The highest BCUT2D eigenvalue weighted by atomic mass is 32.2. The summed E-state index contributed by atoms with van der Waals surface area (Å²) in [6.07, 6.45) is 1.57. The van der Waals surface area contributed by atoms with Gasteiger partial charge in [-0.15, -0.1) is 0 Å². The van der Waals surface area contributed by atoms with Gasteiger partial charge in [-0.2, -0.15) is 0 Å². The molecule has 3 rings (SSSR count). The van der Waals surface area contributed by atoms with Crippen LogP contribution in [0.5, 0.6) is 17.2 Å². The van der Waals surface area contributed by atoms with Crippen molar-refractivity contribution < 1.29 is 28.6 Å². The molecule has 3 amide bonds. The number of carbonyl (C=O) groups excluding carboxylic acids is 3. The normalized spacial score (nSPS) is 14.7. The lowest BCUT2D eigenvalue weighted by Crippen LogP contribution is -2.36. The van der Waals surface area contributed by atoms with Crippen molar-refractivity contribution in [2.45, 2.75) is 6.92 Å². The molecule has 0 aliphatic carbocycles. The average Bonchev–Trinajstić information content (AvgIpc) is 3.02. The molecule has 0 saturated carbocycles. The van der Waals surface area contributed by atoms with E-state index in [4.69, 9.17) is 14.2 Å². The molecule has 0 unspecified atom stereocenters. The summed E-state index contributed by atoms with van der Waals surface area (Å²) in [5.74, 6) is 0.638. The van der Waals surface area contributed by atoms with Gasteiger partial charge in [0, 0.05) is 11.3 Å². The zero-order valence-corrected chi connectivity index (χ0v) is 18.2. The monoisotopic (exact) mass is 442 g/mol. The molecule has 1 aliphatic heterocycles. The van der Waals surface area contributed by atoms with Gasteiger partial charge in [-0.1, -0.05) is 12.1 Å². The molecule has 1 heterocycles. The number of imide groups is 1. The molecule has 0 bridgehead atoms. The Morgan fingerprint density at radius 3 is 2.48 bits per heavy atom. The summed E-state index contributed by atoms with van der Waals surface area (Å²) < 4.78 is 16.0. The number of benzene rings is 2. The smallest absolute Gasteiger partial charge is 0.294 e. The van der Waals surface area contributed by atoms with E-state index in [1.165, 1.54) is 7.11 Å². The lowest BCUT2D eigenvalue weighted by Gasteiger charge is -2.13. The van der Waals surface area contributed by atoms with E-state index in [1.54, 1.807) is 55.7 Å². The van der Waals surface area contributed by atoms with E-state index in [0.29, 0.717) is 35.1 Å². The molecule has 1 saturated heterocycles. The Morgan fingerprint density at radius 1 is 1.10 bits per heavy atom. The van der Waals surface area contributed by atoms with Crippen LogP contribution in [0.15, 0.2) is 47.4 Å². The van der Waals surface area contributed by atoms with Gasteiger partial charge in [0.25, 0.3) is 11.1 Å². The topological polar surface area (TPSA) is 94.2 Å². The maximum atomic E-state index is 12.8. The third kappa shape index (κ3) is 5.18. The van der Waals surface area contributed by atoms with Gasteiger partial charge in [0.1, 0.15) is 12.3 Å². The molecule has 0 atom stereocenters. The average molecular weight is 442 g/mol. The molecule has 8 nitrogen and oxygen atoms in total. The van der Waals surface area contributed by atoms with Crippen molar-refractivity contribution >= 4 is 40.6 Å². The quantitative estimate of drug-likeness (QED) is 0.622. The molecule has 162 valence electrons. The Bertz CT molecular complexity index is 1020. The highest BCUT2D eigenvalue weighted by molar-refractivity contribution is 8.18. The summed E-state index contributed by atoms with van der Waals surface area (Å²) >= 11 is 0.776. The Balaban J connectivity index is 1.74. The molecule has 2 aromatic rings. The van der Waals surface area contributed by atoms with Gasteiger partial charge in [0.2, 0.25) is 5.91 Å². The van der Waals surface area contributed by atoms with Crippen LogP contribution in [0.25, 0.3) is 6.08 Å². The zero-order valence-electron chi connectivity index (χ0n) is 17.3. The number of rotatable bonds is 8. The summed E-state index contributed by atoms with van der Waals surface area (Å²) in [6, 6.07) is 12.0. The fourth-order valence-electron chi connectivity index (χ4n) is 2.90. The van der Waals surface area contributed by atoms with Crippen LogP contribution < -0.4 is 19.5 Å². The summed E-state index contributed by atoms with van der Waals surface area (Å²) in [6.45, 7) is 1.87. The molecule has 9 heteroatoms. The van der Waals surface area contributed by atoms with Gasteiger partial charge in [-0.3, -0.25) is 19.3 Å². The Morgan fingerprint density at radius 2 is 1.84 bits per heavy atom. The van der Waals surface area contributed by atoms with Crippen molar-refractivity contribution in [1.82, 2.24) is 4.90 Å². The fourth-order valence-corrected chi connectivity index (χ4v) is 3.73. The number of para-hydroxylation sites is 1. The van der Waals surface area contributed by atoms with Crippen molar-refractivity contribution in [1.29, 1.82) is 0 Å². The van der Waals surface area contributed by atoms with Crippen LogP contribution in [0.1, 0.15) is 12.5 Å². The fraction of sp³-hybridized carbons (Fsp3) is 0.227. The maximum absolute atomic E-state index is 12.8. The van der Waals surface area contributed by atoms with Gasteiger partial charge in [0.15, 0.2) is 11.5 Å². The summed E-state index contributed by atoms with van der Waals surface area (Å²) in [5, 5.41) is 2.15. The number of carbonyl (C=O) groups is 3. The SMILES string of the molecule is CCOc1c(/C=C2/SC(=O)N(CC(=O)Nc3ccc(OC)cc3)C2=O)cccc1OC. The first-order valence-corrected chi connectivity index (χ1v) is 10.3. The lowest BCUT2D eigenvalue weighted by molar-refractivity contribution is -0.127. The minimum Gasteiger partial charge on any atom is -0.497 e. The Labute approximate surface area is 184 Å². The van der Waals surface area contributed by atoms with Gasteiger partial charge in [0.05, 0.1) is 25.7 Å². The lowest BCUT2D eigenvalue weighted by atomic mass is 10.1. The van der Waals surface area contributed by atoms with E-state index in [2.05, 4.69) is 5.32 Å². The maximum Gasteiger partial charge on any atom is 0.294 e. The van der Waals surface area contributed by atoms with Gasteiger partial charge in [-0.05, 0) is 55.1 Å². The van der Waals surface area contributed by atoms with Crippen LogP contribution in [0, 0.1) is 0 Å². The number of ether oxygens (including phenoxy) is 3. The number of nitrogens with zero attached hydrogens (tertiary/aromatic N) is 1. The van der Waals surface area contributed by atoms with E-state index in [-0.39, 0.29) is 11.4 Å². The number of amides is 3. The standard InChI is InChI=1S/C22H22N2O6S/c1-4-30-20-14(6-5-7-17(20)29-3)12-18-21(26)24(22(27)31-18)13-19(25)23-15-8-10-16(28-2)11-9-15/h5-12H,4,13H2,1-3H3,(H,23,25)/b18-12+. The molecule has 2 aromatic carbocycles. The van der Waals surface area contributed by atoms with Crippen LogP contribution in [0.4, 0.5) is 10.5 Å². The first kappa shape index (κ1) is 22.2. The van der Waals surface area contributed by atoms with Crippen molar-refractivity contribution in [3.63, 3.8) is 0 Å². The number of methoxy groups -OCH3 is 2. The van der Waals surface area contributed by atoms with Crippen molar-refractivity contribution in [2.24, 2.45) is 0 Å². The number of nitrogens with one attached hydrogen (secondary N) is 1. The molecule has 1 aliphatic rings. The van der Waals surface area contributed by atoms with E-state index < -0.39 is 17.1 Å². The summed E-state index contributed by atoms with van der Waals surface area (Å²) in [4.78, 5) is 38.6. The minimum absolute atomic E-state index is 0.205. The van der Waals surface area contributed by atoms with Crippen molar-refractivity contribution in [3.05, 3.63) is 52.9 Å². The van der Waals surface area contributed by atoms with Crippen LogP contribution in [0.3, 0.4) is 0 Å². The largest absolute Gasteiger partial charge is 0.497 e. The minimum atomic E-state index is -0.537. The Hall–Kier alpha value is -3.46. The second-order valence-electron chi connectivity index (χ2n) is 6.36. The van der Waals surface area contributed by atoms with Crippen molar-refractivity contribution in [3.8, 4) is 17.2 Å². The van der Waals surface area contributed by atoms with Crippen LogP contribution in [-0.2, 0) is 9.59 Å². The Kier molecular flexibility index (Phi) is 7.19. The first-order valence-electron chi connectivity index (χ1n) is 9.46. The molecular weight excluding hydrogens is 420 g/mol. The zero-order chi connectivity index (χ0) is 22.4. The second-order valence-corrected chi connectivity index (χ2v) is 7.35. The first-order chi connectivity index (χ1) is 15.0. The van der Waals surface area contributed by atoms with Crippen LogP contribution in [0.2, 0.25) is 0 Å². The predicted octanol–water partition coefficient (Wildman–Crippen LogP) is 3.78. The summed E-state index contributed by atoms with van der Waals surface area (Å²) in [7, 11) is 3.07. The molecule has 31 heavy (non-hydrogen) atoms. The highest BCUT2D eigenvalue weighted by Gasteiger charge is 2.36. The molecule has 0 radical (unpaired) electrons. The molecule has 0 spiro atoms. The van der Waals surface area contributed by atoms with Crippen molar-refractivity contribution in [2.75, 3.05) is 32.7 Å². The third-order valence-corrected chi connectivity index (χ3v) is 5.26. The van der Waals surface area contributed by atoms with E-state index in [1.807, 2.05) is 6.92 Å². The predicted molar refractivity (Wildman–Crippen MR) is 118 cm³/mol. The van der Waals surface area contributed by atoms with E-state index in [0.717, 1.165) is 16.7 Å². The molecule has 1 N–H and O–H groups in total. The van der Waals surface area contributed by atoms with Gasteiger partial charge >= 0.3 is 0 Å². The molecule has 1 fully saturated rings. The number of thioether (sulfide) groups is 1. The number of hydrogen-bond acceptors (Lipinski definition) is 7.